The number of hydrogen-bond donors (Lipinski definition) is 0. The van der Waals surface area contributed by atoms with Crippen LogP contribution in [0.5, 0.6) is 5.75 Å². The Balaban J connectivity index is 1.60. The molecule has 0 N–H and O–H groups in total. The molecule has 2 aromatic rings. The number of nitrogens with zero attached hydrogens (tertiary/aromatic N) is 2. The minimum Gasteiger partial charge on any atom is -0.492 e. The predicted octanol–water partition coefficient (Wildman–Crippen LogP) is 3.47. The largest absolute Gasteiger partial charge is 0.492 e. The van der Waals surface area contributed by atoms with Crippen molar-refractivity contribution < 1.29 is 4.74 Å². The van der Waals surface area contributed by atoms with Gasteiger partial charge in [0.15, 0.2) is 0 Å². The molecule has 1 aromatic carbocycles. The topological polar surface area (TPSA) is 15.7 Å². The zero-order chi connectivity index (χ0) is 14.5. The highest BCUT2D eigenvalue weighted by atomic mass is 32.1. The minimum atomic E-state index is 0.718. The summed E-state index contributed by atoms with van der Waals surface area (Å²) in [5, 5.41) is 2.16. The molecule has 0 spiro atoms. The lowest BCUT2D eigenvalue weighted by atomic mass is 10.2. The third-order valence-corrected chi connectivity index (χ3v) is 4.70. The van der Waals surface area contributed by atoms with E-state index in [1.165, 1.54) is 10.6 Å². The quantitative estimate of drug-likeness (QED) is 0.841. The highest BCUT2D eigenvalue weighted by molar-refractivity contribution is 7.09. The molecule has 0 unspecified atom stereocenters. The Morgan fingerprint density at radius 2 is 1.86 bits per heavy atom. The first-order chi connectivity index (χ1) is 10.4. The van der Waals surface area contributed by atoms with Crippen molar-refractivity contribution in [1.29, 1.82) is 0 Å². The number of benzene rings is 1. The monoisotopic (exact) mass is 302 g/mol. The molecular weight excluding hydrogens is 280 g/mol. The van der Waals surface area contributed by atoms with Crippen LogP contribution in [0.3, 0.4) is 0 Å². The fourth-order valence-corrected chi connectivity index (χ4v) is 3.51. The zero-order valence-corrected chi connectivity index (χ0v) is 13.3. The van der Waals surface area contributed by atoms with E-state index in [4.69, 9.17) is 4.74 Å². The van der Waals surface area contributed by atoms with Gasteiger partial charge in [-0.25, -0.2) is 0 Å². The molecule has 1 aliphatic rings. The Morgan fingerprint density at radius 3 is 2.57 bits per heavy atom. The van der Waals surface area contributed by atoms with Gasteiger partial charge in [-0.2, -0.15) is 0 Å². The van der Waals surface area contributed by atoms with E-state index in [1.807, 2.05) is 24.3 Å². The second-order valence-electron chi connectivity index (χ2n) is 5.24. The third kappa shape index (κ3) is 3.57. The smallest absolute Gasteiger partial charge is 0.142 e. The van der Waals surface area contributed by atoms with Gasteiger partial charge in [0.2, 0.25) is 0 Å². The van der Waals surface area contributed by atoms with E-state index < -0.39 is 0 Å². The van der Waals surface area contributed by atoms with Gasteiger partial charge in [-0.05, 0) is 30.5 Å². The molecule has 0 radical (unpaired) electrons. The van der Waals surface area contributed by atoms with Crippen LogP contribution in [0.25, 0.3) is 0 Å². The second-order valence-corrected chi connectivity index (χ2v) is 6.28. The fourth-order valence-electron chi connectivity index (χ4n) is 2.77. The van der Waals surface area contributed by atoms with Crippen molar-refractivity contribution in [2.45, 2.75) is 13.5 Å². The van der Waals surface area contributed by atoms with E-state index in [0.29, 0.717) is 0 Å². The number of piperazine rings is 1. The van der Waals surface area contributed by atoms with Crippen LogP contribution in [0.2, 0.25) is 0 Å². The lowest BCUT2D eigenvalue weighted by Crippen LogP contribution is -2.46. The standard InChI is InChI=1S/C17H22N2OS/c1-2-20-17-8-4-3-7-16(17)19-11-9-18(10-12-19)14-15-6-5-13-21-15/h3-8,13H,2,9-12,14H2,1H3. The summed E-state index contributed by atoms with van der Waals surface area (Å²) in [5.41, 5.74) is 1.23. The molecule has 0 bridgehead atoms. The molecule has 3 rings (SSSR count). The summed E-state index contributed by atoms with van der Waals surface area (Å²) in [7, 11) is 0. The van der Waals surface area contributed by atoms with Crippen LogP contribution in [0.4, 0.5) is 5.69 Å². The van der Waals surface area contributed by atoms with Crippen LogP contribution >= 0.6 is 11.3 Å². The summed E-state index contributed by atoms with van der Waals surface area (Å²) >= 11 is 1.85. The van der Waals surface area contributed by atoms with Crippen LogP contribution in [-0.4, -0.2) is 37.7 Å². The molecule has 4 heteroatoms. The van der Waals surface area contributed by atoms with Crippen molar-refractivity contribution in [1.82, 2.24) is 4.90 Å². The lowest BCUT2D eigenvalue weighted by molar-refractivity contribution is 0.250. The number of hydrogen-bond acceptors (Lipinski definition) is 4. The van der Waals surface area contributed by atoms with Crippen molar-refractivity contribution in [3.63, 3.8) is 0 Å². The van der Waals surface area contributed by atoms with E-state index in [2.05, 4.69) is 45.5 Å². The summed E-state index contributed by atoms with van der Waals surface area (Å²) in [6, 6.07) is 12.7. The highest BCUT2D eigenvalue weighted by Crippen LogP contribution is 2.29. The van der Waals surface area contributed by atoms with Crippen molar-refractivity contribution in [2.75, 3.05) is 37.7 Å². The molecule has 21 heavy (non-hydrogen) atoms. The maximum absolute atomic E-state index is 5.75. The Hall–Kier alpha value is -1.52. The maximum atomic E-state index is 5.75. The van der Waals surface area contributed by atoms with Gasteiger partial charge >= 0.3 is 0 Å². The molecule has 112 valence electrons. The molecular formula is C17H22N2OS. The summed E-state index contributed by atoms with van der Waals surface area (Å²) < 4.78 is 5.75. The van der Waals surface area contributed by atoms with Gasteiger partial charge < -0.3 is 9.64 Å². The predicted molar refractivity (Wildman–Crippen MR) is 89.4 cm³/mol. The van der Waals surface area contributed by atoms with Crippen molar-refractivity contribution in [3.05, 3.63) is 46.7 Å². The van der Waals surface area contributed by atoms with E-state index in [-0.39, 0.29) is 0 Å². The van der Waals surface area contributed by atoms with E-state index >= 15 is 0 Å². The first-order valence-corrected chi connectivity index (χ1v) is 8.46. The SMILES string of the molecule is CCOc1ccccc1N1CCN(Cc2cccs2)CC1. The number of anilines is 1. The van der Waals surface area contributed by atoms with Gasteiger partial charge in [0.25, 0.3) is 0 Å². The van der Waals surface area contributed by atoms with Gasteiger partial charge in [-0.15, -0.1) is 11.3 Å². The molecule has 1 aromatic heterocycles. The number of ether oxygens (including phenoxy) is 1. The van der Waals surface area contributed by atoms with Crippen LogP contribution < -0.4 is 9.64 Å². The molecule has 1 aliphatic heterocycles. The van der Waals surface area contributed by atoms with Crippen LogP contribution in [-0.2, 0) is 6.54 Å². The van der Waals surface area contributed by atoms with Gasteiger partial charge in [0.05, 0.1) is 12.3 Å². The van der Waals surface area contributed by atoms with Gasteiger partial charge in [-0.3, -0.25) is 4.90 Å². The summed E-state index contributed by atoms with van der Waals surface area (Å²) in [5.74, 6) is 1.01. The van der Waals surface area contributed by atoms with Crippen LogP contribution in [0, 0.1) is 0 Å². The number of thiophene rings is 1. The molecule has 2 heterocycles. The van der Waals surface area contributed by atoms with Crippen molar-refractivity contribution in [2.24, 2.45) is 0 Å². The Bertz CT molecular complexity index is 548. The first-order valence-electron chi connectivity index (χ1n) is 7.58. The van der Waals surface area contributed by atoms with Crippen LogP contribution in [0.1, 0.15) is 11.8 Å². The maximum Gasteiger partial charge on any atom is 0.142 e. The fraction of sp³-hybridized carbons (Fsp3) is 0.412. The van der Waals surface area contributed by atoms with E-state index in [0.717, 1.165) is 45.1 Å². The third-order valence-electron chi connectivity index (χ3n) is 3.84. The first kappa shape index (κ1) is 14.4. The van der Waals surface area contributed by atoms with Gasteiger partial charge in [0, 0.05) is 37.6 Å². The van der Waals surface area contributed by atoms with Gasteiger partial charge in [-0.1, -0.05) is 18.2 Å². The number of rotatable bonds is 5. The van der Waals surface area contributed by atoms with Gasteiger partial charge in [0.1, 0.15) is 5.75 Å². The molecule has 0 amide bonds. The molecule has 0 aliphatic carbocycles. The average Bonchev–Trinajstić information content (AvgIpc) is 3.02. The summed E-state index contributed by atoms with van der Waals surface area (Å²) in [4.78, 5) is 6.43. The van der Waals surface area contributed by atoms with Crippen LogP contribution in [0.15, 0.2) is 41.8 Å². The molecule has 0 saturated carbocycles. The Labute approximate surface area is 130 Å². The van der Waals surface area contributed by atoms with E-state index in [9.17, 15) is 0 Å². The molecule has 1 fully saturated rings. The highest BCUT2D eigenvalue weighted by Gasteiger charge is 2.19. The second kappa shape index (κ2) is 6.96. The molecule has 3 nitrogen and oxygen atoms in total. The molecule has 0 atom stereocenters. The minimum absolute atomic E-state index is 0.718. The van der Waals surface area contributed by atoms with Crippen molar-refractivity contribution in [3.8, 4) is 5.75 Å². The summed E-state index contributed by atoms with van der Waals surface area (Å²) in [6.07, 6.45) is 0. The zero-order valence-electron chi connectivity index (χ0n) is 12.5. The number of para-hydroxylation sites is 2. The average molecular weight is 302 g/mol. The Morgan fingerprint density at radius 1 is 1.05 bits per heavy atom. The molecule has 1 saturated heterocycles. The van der Waals surface area contributed by atoms with E-state index in [1.54, 1.807) is 0 Å². The summed E-state index contributed by atoms with van der Waals surface area (Å²) in [6.45, 7) is 8.19. The Kier molecular flexibility index (Phi) is 4.78. The normalized spacial score (nSPS) is 16.1. The lowest BCUT2D eigenvalue weighted by Gasteiger charge is -2.36. The van der Waals surface area contributed by atoms with Crippen molar-refractivity contribution >= 4 is 17.0 Å².